The van der Waals surface area contributed by atoms with Crippen LogP contribution in [0.15, 0.2) is 30.3 Å². The van der Waals surface area contributed by atoms with Crippen LogP contribution in [-0.2, 0) is 5.21 Å². The van der Waals surface area contributed by atoms with Crippen molar-refractivity contribution in [2.45, 2.75) is 119 Å². The van der Waals surface area contributed by atoms with Crippen LogP contribution in [0.25, 0.3) is 0 Å². The molecule has 0 unspecified atom stereocenters. The van der Waals surface area contributed by atoms with Crippen LogP contribution in [0.1, 0.15) is 103 Å². The molecule has 0 aliphatic heterocycles. The molecule has 1 rings (SSSR count). The third-order valence-corrected chi connectivity index (χ3v) is 16.0. The van der Waals surface area contributed by atoms with Crippen LogP contribution in [0.4, 0.5) is 0 Å². The standard InChI is InChI=1S/C25H46As/c1-4-7-10-11-12-13-14-18-23-26(21-8-5-2,22-9-6-3)24-25-19-16-15-17-20-25/h15-17,19-20H,4-14,18,21-24H2,1-3H3/q+1. The van der Waals surface area contributed by atoms with Gasteiger partial charge < -0.3 is 0 Å². The van der Waals surface area contributed by atoms with Gasteiger partial charge in [-0.1, -0.05) is 0 Å². The van der Waals surface area contributed by atoms with E-state index in [9.17, 15) is 0 Å². The van der Waals surface area contributed by atoms with Crippen molar-refractivity contribution in [3.63, 3.8) is 0 Å². The Kier molecular flexibility index (Phi) is 14.5. The number of hydrogen-bond donors (Lipinski definition) is 0. The van der Waals surface area contributed by atoms with E-state index in [1.807, 2.05) is 0 Å². The molecule has 0 aliphatic carbocycles. The van der Waals surface area contributed by atoms with Gasteiger partial charge in [-0.2, -0.15) is 0 Å². The number of unbranched alkanes of at least 4 members (excludes halogenated alkanes) is 9. The van der Waals surface area contributed by atoms with Crippen LogP contribution < -0.4 is 0 Å². The molecule has 0 fully saturated rings. The van der Waals surface area contributed by atoms with E-state index in [1.54, 1.807) is 21.2 Å². The summed E-state index contributed by atoms with van der Waals surface area (Å²) in [7, 11) is 0. The zero-order valence-electron chi connectivity index (χ0n) is 18.1. The van der Waals surface area contributed by atoms with Gasteiger partial charge in [-0.3, -0.25) is 0 Å². The first-order chi connectivity index (χ1) is 12.8. The van der Waals surface area contributed by atoms with Crippen molar-refractivity contribution in [2.24, 2.45) is 0 Å². The molecule has 0 saturated carbocycles. The Bertz CT molecular complexity index is 403. The van der Waals surface area contributed by atoms with Gasteiger partial charge in [-0.25, -0.2) is 0 Å². The van der Waals surface area contributed by atoms with E-state index in [0.717, 1.165) is 0 Å². The van der Waals surface area contributed by atoms with Gasteiger partial charge in [0.25, 0.3) is 0 Å². The van der Waals surface area contributed by atoms with Crippen molar-refractivity contribution in [1.82, 2.24) is 0 Å². The Labute approximate surface area is 168 Å². The van der Waals surface area contributed by atoms with Crippen molar-refractivity contribution in [3.8, 4) is 0 Å². The topological polar surface area (TPSA) is 0 Å². The predicted molar refractivity (Wildman–Crippen MR) is 123 cm³/mol. The molecule has 0 aromatic heterocycles. The van der Waals surface area contributed by atoms with E-state index >= 15 is 0 Å². The molecule has 0 atom stereocenters. The van der Waals surface area contributed by atoms with Crippen molar-refractivity contribution in [3.05, 3.63) is 35.9 Å². The summed E-state index contributed by atoms with van der Waals surface area (Å²) < 4.78 is 0. The van der Waals surface area contributed by atoms with E-state index in [1.165, 1.54) is 82.3 Å². The predicted octanol–water partition coefficient (Wildman–Crippen LogP) is 8.96. The number of benzene rings is 1. The van der Waals surface area contributed by atoms with Crippen molar-refractivity contribution in [1.29, 1.82) is 0 Å². The fraction of sp³-hybridized carbons (Fsp3) is 0.760. The van der Waals surface area contributed by atoms with E-state index in [-0.39, 0.29) is 0 Å². The quantitative estimate of drug-likeness (QED) is 0.174. The molecule has 150 valence electrons. The molecule has 0 radical (unpaired) electrons. The minimum atomic E-state index is -1.57. The van der Waals surface area contributed by atoms with Crippen LogP contribution in [0.3, 0.4) is 0 Å². The van der Waals surface area contributed by atoms with E-state index in [0.29, 0.717) is 0 Å². The minimum absolute atomic E-state index is 1.36. The van der Waals surface area contributed by atoms with E-state index in [4.69, 9.17) is 0 Å². The molecule has 1 heteroatoms. The Morgan fingerprint density at radius 1 is 0.538 bits per heavy atom. The maximum absolute atomic E-state index is 2.39. The summed E-state index contributed by atoms with van der Waals surface area (Å²) in [4.78, 5) is 0. The summed E-state index contributed by atoms with van der Waals surface area (Å²) >= 11 is -1.57. The molecule has 1 aromatic carbocycles. The molecule has 0 saturated heterocycles. The zero-order chi connectivity index (χ0) is 18.9. The summed E-state index contributed by atoms with van der Waals surface area (Å²) in [5.74, 6) is 0. The SMILES string of the molecule is CCCCCCCCCC[As+](CCCC)(CCCC)Cc1ccccc1. The molecule has 26 heavy (non-hydrogen) atoms. The molecule has 0 bridgehead atoms. The second-order valence-corrected chi connectivity index (χ2v) is 17.4. The molecule has 0 amide bonds. The molecular weight excluding hydrogens is 375 g/mol. The van der Waals surface area contributed by atoms with Crippen LogP contribution in [0, 0.1) is 0 Å². The molecule has 1 aromatic rings. The Hall–Kier alpha value is -0.222. The van der Waals surface area contributed by atoms with Crippen molar-refractivity contribution < 1.29 is 0 Å². The van der Waals surface area contributed by atoms with Gasteiger partial charge in [0.15, 0.2) is 0 Å². The molecule has 0 heterocycles. The maximum atomic E-state index is 2.39. The van der Waals surface area contributed by atoms with Gasteiger partial charge in [0.2, 0.25) is 0 Å². The summed E-state index contributed by atoms with van der Waals surface area (Å²) in [6.07, 6.45) is 17.4. The second-order valence-electron chi connectivity index (χ2n) is 8.34. The van der Waals surface area contributed by atoms with Gasteiger partial charge >= 0.3 is 168 Å². The first-order valence-electron chi connectivity index (χ1n) is 11.7. The molecular formula is C25H46As+. The Balaban J connectivity index is 2.54. The normalized spacial score (nSPS) is 11.8. The average Bonchev–Trinajstić information content (AvgIpc) is 2.67. The Morgan fingerprint density at radius 2 is 1.00 bits per heavy atom. The third-order valence-electron chi connectivity index (χ3n) is 5.82. The number of hydrogen-bond acceptors (Lipinski definition) is 0. The summed E-state index contributed by atoms with van der Waals surface area (Å²) in [6, 6.07) is 11.4. The van der Waals surface area contributed by atoms with Crippen LogP contribution >= 0.6 is 0 Å². The summed E-state index contributed by atoms with van der Waals surface area (Å²) in [5, 5.41) is 6.28. The third kappa shape index (κ3) is 10.8. The Morgan fingerprint density at radius 3 is 1.54 bits per heavy atom. The molecule has 0 N–H and O–H groups in total. The zero-order valence-corrected chi connectivity index (χ0v) is 20.0. The first-order valence-corrected chi connectivity index (χ1v) is 17.0. The van der Waals surface area contributed by atoms with Crippen molar-refractivity contribution in [2.75, 3.05) is 0 Å². The summed E-state index contributed by atoms with van der Waals surface area (Å²) in [5.41, 5.74) is 1.63. The van der Waals surface area contributed by atoms with Crippen LogP contribution in [0.5, 0.6) is 0 Å². The molecule has 0 aliphatic rings. The van der Waals surface area contributed by atoms with Gasteiger partial charge in [0, 0.05) is 0 Å². The summed E-state index contributed by atoms with van der Waals surface area (Å²) in [6.45, 7) is 7.07. The first kappa shape index (κ1) is 23.8. The monoisotopic (exact) mass is 421 g/mol. The van der Waals surface area contributed by atoms with Gasteiger partial charge in [-0.05, 0) is 0 Å². The van der Waals surface area contributed by atoms with Gasteiger partial charge in [0.05, 0.1) is 0 Å². The van der Waals surface area contributed by atoms with Gasteiger partial charge in [0.1, 0.15) is 0 Å². The number of rotatable bonds is 17. The van der Waals surface area contributed by atoms with E-state index in [2.05, 4.69) is 51.1 Å². The van der Waals surface area contributed by atoms with Crippen molar-refractivity contribution >= 4 is 13.6 Å². The van der Waals surface area contributed by atoms with E-state index < -0.39 is 13.6 Å². The fourth-order valence-corrected chi connectivity index (χ4v) is 14.6. The second kappa shape index (κ2) is 15.8. The van der Waals surface area contributed by atoms with Crippen LogP contribution in [0.2, 0.25) is 15.6 Å². The van der Waals surface area contributed by atoms with Gasteiger partial charge in [-0.15, -0.1) is 0 Å². The molecule has 0 nitrogen and oxygen atoms in total. The average molecular weight is 422 g/mol. The molecule has 0 spiro atoms. The fourth-order valence-electron chi connectivity index (χ4n) is 4.11. The van der Waals surface area contributed by atoms with Crippen LogP contribution in [-0.4, -0.2) is 13.6 Å².